The number of carbonyl (C=O) groups excluding carboxylic acids is 1. The van der Waals surface area contributed by atoms with Crippen LogP contribution in [0.1, 0.15) is 60.3 Å². The molecule has 0 saturated heterocycles. The van der Waals surface area contributed by atoms with Crippen LogP contribution in [0.25, 0.3) is 0 Å². The molecule has 2 fully saturated rings. The van der Waals surface area contributed by atoms with E-state index in [0.29, 0.717) is 23.5 Å². The van der Waals surface area contributed by atoms with Crippen molar-refractivity contribution in [2.45, 2.75) is 51.0 Å². The highest BCUT2D eigenvalue weighted by molar-refractivity contribution is 5.91. The van der Waals surface area contributed by atoms with E-state index in [1.807, 2.05) is 6.92 Å². The summed E-state index contributed by atoms with van der Waals surface area (Å²) in [6, 6.07) is 12.6. The highest BCUT2D eigenvalue weighted by atomic mass is 16.5. The highest BCUT2D eigenvalue weighted by Crippen LogP contribution is 2.54. The average molecular weight is 324 g/mol. The summed E-state index contributed by atoms with van der Waals surface area (Å²) in [5.41, 5.74) is 2.17. The first kappa shape index (κ1) is 15.4. The van der Waals surface area contributed by atoms with E-state index in [2.05, 4.69) is 40.8 Å². The summed E-state index contributed by atoms with van der Waals surface area (Å²) in [6.07, 6.45) is 5.86. The molecule has 24 heavy (non-hydrogen) atoms. The lowest BCUT2D eigenvalue weighted by molar-refractivity contribution is 0.0241. The van der Waals surface area contributed by atoms with Crippen LogP contribution in [0, 0.1) is 11.8 Å². The number of carbonyl (C=O) groups is 1. The van der Waals surface area contributed by atoms with Crippen LogP contribution >= 0.6 is 0 Å². The standard InChI is InChI=1S/C20H24N2O2/c1-2-14-12-17(24-22-14)20(23)21-19-16-11-7-6-10-15(16)18(19)13-8-4-3-5-9-13/h3-5,8-9,12,15-16,18-19H,2,6-7,10-11H2,1H3,(H,21,23)/t15-,16+,18+,19+/m1/s1. The van der Waals surface area contributed by atoms with Crippen LogP contribution in [0.15, 0.2) is 40.9 Å². The fraction of sp³-hybridized carbons (Fsp3) is 0.500. The zero-order valence-electron chi connectivity index (χ0n) is 14.1. The van der Waals surface area contributed by atoms with E-state index in [1.165, 1.54) is 31.2 Å². The van der Waals surface area contributed by atoms with E-state index in [0.717, 1.165) is 12.1 Å². The van der Waals surface area contributed by atoms with Crippen LogP contribution in [0.4, 0.5) is 0 Å². The molecule has 4 rings (SSSR count). The Morgan fingerprint density at radius 1 is 1.21 bits per heavy atom. The van der Waals surface area contributed by atoms with Gasteiger partial charge in [0.1, 0.15) is 0 Å². The molecule has 1 aromatic carbocycles. The first-order valence-electron chi connectivity index (χ1n) is 9.09. The summed E-state index contributed by atoms with van der Waals surface area (Å²) >= 11 is 0. The topological polar surface area (TPSA) is 55.1 Å². The molecular formula is C20H24N2O2. The third-order valence-corrected chi connectivity index (χ3v) is 5.81. The zero-order chi connectivity index (χ0) is 16.5. The minimum Gasteiger partial charge on any atom is -0.351 e. The molecule has 2 saturated carbocycles. The molecule has 2 aliphatic carbocycles. The van der Waals surface area contributed by atoms with Crippen molar-refractivity contribution in [2.24, 2.45) is 11.8 Å². The Hall–Kier alpha value is -2.10. The first-order chi connectivity index (χ1) is 11.8. The molecule has 1 N–H and O–H groups in total. The molecule has 0 bridgehead atoms. The van der Waals surface area contributed by atoms with Crippen LogP contribution < -0.4 is 5.32 Å². The molecule has 4 nitrogen and oxygen atoms in total. The number of benzene rings is 1. The van der Waals surface area contributed by atoms with Crippen LogP contribution in [0.2, 0.25) is 0 Å². The summed E-state index contributed by atoms with van der Waals surface area (Å²) in [6.45, 7) is 2.00. The Bertz CT molecular complexity index is 709. The summed E-state index contributed by atoms with van der Waals surface area (Å²) in [5.74, 6) is 1.93. The zero-order valence-corrected chi connectivity index (χ0v) is 14.1. The second kappa shape index (κ2) is 6.42. The summed E-state index contributed by atoms with van der Waals surface area (Å²) in [4.78, 5) is 12.6. The molecule has 0 aliphatic heterocycles. The number of rotatable bonds is 4. The highest BCUT2D eigenvalue weighted by Gasteiger charge is 2.51. The summed E-state index contributed by atoms with van der Waals surface area (Å²) < 4.78 is 5.20. The molecule has 0 spiro atoms. The van der Waals surface area contributed by atoms with E-state index >= 15 is 0 Å². The van der Waals surface area contributed by atoms with Gasteiger partial charge in [0.15, 0.2) is 0 Å². The van der Waals surface area contributed by atoms with Crippen molar-refractivity contribution >= 4 is 5.91 Å². The third kappa shape index (κ3) is 2.64. The van der Waals surface area contributed by atoms with Gasteiger partial charge in [-0.3, -0.25) is 4.79 Å². The lowest BCUT2D eigenvalue weighted by Crippen LogP contribution is -2.59. The molecule has 4 heteroatoms. The van der Waals surface area contributed by atoms with Crippen LogP contribution in [-0.2, 0) is 6.42 Å². The fourth-order valence-corrected chi connectivity index (χ4v) is 4.60. The summed E-state index contributed by atoms with van der Waals surface area (Å²) in [7, 11) is 0. The molecule has 126 valence electrons. The van der Waals surface area contributed by atoms with Crippen LogP contribution in [0.5, 0.6) is 0 Å². The van der Waals surface area contributed by atoms with Crippen molar-refractivity contribution in [1.82, 2.24) is 10.5 Å². The average Bonchev–Trinajstić information content (AvgIpc) is 3.10. The molecular weight excluding hydrogens is 300 g/mol. The van der Waals surface area contributed by atoms with Gasteiger partial charge in [-0.05, 0) is 36.7 Å². The quantitative estimate of drug-likeness (QED) is 0.927. The largest absolute Gasteiger partial charge is 0.351 e. The predicted molar refractivity (Wildman–Crippen MR) is 91.8 cm³/mol. The van der Waals surface area contributed by atoms with Gasteiger partial charge in [0, 0.05) is 18.0 Å². The summed E-state index contributed by atoms with van der Waals surface area (Å²) in [5, 5.41) is 7.17. The number of amides is 1. The minimum absolute atomic E-state index is 0.128. The van der Waals surface area contributed by atoms with Gasteiger partial charge in [-0.15, -0.1) is 0 Å². The number of nitrogens with one attached hydrogen (secondary N) is 1. The van der Waals surface area contributed by atoms with E-state index in [1.54, 1.807) is 6.07 Å². The van der Waals surface area contributed by atoms with Crippen molar-refractivity contribution in [3.8, 4) is 0 Å². The molecule has 0 unspecified atom stereocenters. The van der Waals surface area contributed by atoms with Crippen LogP contribution in [0.3, 0.4) is 0 Å². The maximum atomic E-state index is 12.6. The molecule has 1 amide bonds. The van der Waals surface area contributed by atoms with Gasteiger partial charge < -0.3 is 9.84 Å². The Morgan fingerprint density at radius 3 is 2.67 bits per heavy atom. The van der Waals surface area contributed by atoms with Gasteiger partial charge in [-0.1, -0.05) is 55.3 Å². The monoisotopic (exact) mass is 324 g/mol. The number of hydrogen-bond donors (Lipinski definition) is 1. The lowest BCUT2D eigenvalue weighted by Gasteiger charge is -2.55. The maximum Gasteiger partial charge on any atom is 0.290 e. The molecule has 2 aromatic rings. The van der Waals surface area contributed by atoms with Crippen molar-refractivity contribution in [3.63, 3.8) is 0 Å². The van der Waals surface area contributed by atoms with Gasteiger partial charge in [0.05, 0.1) is 5.69 Å². The van der Waals surface area contributed by atoms with E-state index in [4.69, 9.17) is 4.52 Å². The second-order valence-electron chi connectivity index (χ2n) is 7.08. The lowest BCUT2D eigenvalue weighted by atomic mass is 9.53. The third-order valence-electron chi connectivity index (χ3n) is 5.81. The molecule has 4 atom stereocenters. The van der Waals surface area contributed by atoms with E-state index < -0.39 is 0 Å². The number of nitrogens with zero attached hydrogens (tertiary/aromatic N) is 1. The van der Waals surface area contributed by atoms with Crippen molar-refractivity contribution in [1.29, 1.82) is 0 Å². The number of fused-ring (bicyclic) bond motifs is 1. The Labute approximate surface area is 142 Å². The Morgan fingerprint density at radius 2 is 1.96 bits per heavy atom. The molecule has 1 heterocycles. The SMILES string of the molecule is CCc1cc(C(=O)N[C@H]2[C@H]3CCCC[C@H]3[C@@H]2c2ccccc2)on1. The van der Waals surface area contributed by atoms with E-state index in [-0.39, 0.29) is 11.9 Å². The Kier molecular flexibility index (Phi) is 4.13. The maximum absolute atomic E-state index is 12.6. The minimum atomic E-state index is -0.128. The Balaban J connectivity index is 1.54. The van der Waals surface area contributed by atoms with Gasteiger partial charge in [-0.25, -0.2) is 0 Å². The normalized spacial score (nSPS) is 28.7. The number of aromatic nitrogens is 1. The van der Waals surface area contributed by atoms with Crippen molar-refractivity contribution < 1.29 is 9.32 Å². The van der Waals surface area contributed by atoms with Crippen LogP contribution in [-0.4, -0.2) is 17.1 Å². The second-order valence-corrected chi connectivity index (χ2v) is 7.08. The fourth-order valence-electron chi connectivity index (χ4n) is 4.60. The van der Waals surface area contributed by atoms with Gasteiger partial charge >= 0.3 is 0 Å². The molecule has 2 aliphatic rings. The van der Waals surface area contributed by atoms with Gasteiger partial charge in [0.25, 0.3) is 5.91 Å². The predicted octanol–water partition coefficient (Wildman–Crippen LogP) is 3.94. The van der Waals surface area contributed by atoms with Gasteiger partial charge in [0.2, 0.25) is 5.76 Å². The molecule has 0 radical (unpaired) electrons. The van der Waals surface area contributed by atoms with Crippen molar-refractivity contribution in [3.05, 3.63) is 53.4 Å². The number of aryl methyl sites for hydroxylation is 1. The smallest absolute Gasteiger partial charge is 0.290 e. The number of hydrogen-bond acceptors (Lipinski definition) is 3. The first-order valence-corrected chi connectivity index (χ1v) is 9.09. The van der Waals surface area contributed by atoms with Gasteiger partial charge in [-0.2, -0.15) is 0 Å². The van der Waals surface area contributed by atoms with E-state index in [9.17, 15) is 4.79 Å². The van der Waals surface area contributed by atoms with Crippen molar-refractivity contribution in [2.75, 3.05) is 0 Å². The molecule has 1 aromatic heterocycles.